The molecule has 1 aromatic heterocycles. The maximum Gasteiger partial charge on any atom is 0.360 e. The number of nitro groups is 1. The van der Waals surface area contributed by atoms with E-state index >= 15 is 0 Å². The summed E-state index contributed by atoms with van der Waals surface area (Å²) in [6, 6.07) is 5.12. The van der Waals surface area contributed by atoms with Crippen molar-refractivity contribution in [1.29, 1.82) is 0 Å². The summed E-state index contributed by atoms with van der Waals surface area (Å²) >= 11 is 0. The Morgan fingerprint density at radius 2 is 2.00 bits per heavy atom. The van der Waals surface area contributed by atoms with Gasteiger partial charge in [0.1, 0.15) is 6.26 Å². The van der Waals surface area contributed by atoms with Crippen LogP contribution in [0, 0.1) is 16.0 Å². The number of non-ortho nitro benzene ring substituents is 1. The van der Waals surface area contributed by atoms with E-state index in [1.165, 1.54) is 42.5 Å². The Kier molecular flexibility index (Phi) is 7.08. The number of methoxy groups -OCH3 is 1. The predicted octanol–water partition coefficient (Wildman–Crippen LogP) is 3.45. The molecule has 0 aliphatic rings. The number of nitrogens with zero attached hydrogens (tertiary/aromatic N) is 3. The second-order valence-corrected chi connectivity index (χ2v) is 6.46. The second kappa shape index (κ2) is 9.49. The van der Waals surface area contributed by atoms with Gasteiger partial charge in [0, 0.05) is 24.4 Å². The Bertz CT molecular complexity index is 831. The minimum Gasteiger partial charge on any atom is -0.464 e. The third-order valence-electron chi connectivity index (χ3n) is 3.87. The van der Waals surface area contributed by atoms with Crippen LogP contribution in [0.25, 0.3) is 0 Å². The highest BCUT2D eigenvalue weighted by molar-refractivity contribution is 5.89. The molecule has 0 saturated carbocycles. The van der Waals surface area contributed by atoms with E-state index in [0.717, 1.165) is 6.42 Å². The summed E-state index contributed by atoms with van der Waals surface area (Å²) in [4.78, 5) is 39.9. The Morgan fingerprint density at radius 1 is 1.32 bits per heavy atom. The number of hydrogen-bond donors (Lipinski definition) is 1. The Balaban J connectivity index is 2.10. The molecule has 28 heavy (non-hydrogen) atoms. The van der Waals surface area contributed by atoms with Crippen molar-refractivity contribution >= 4 is 23.4 Å². The zero-order valence-corrected chi connectivity index (χ0v) is 15.9. The third kappa shape index (κ3) is 5.79. The minimum absolute atomic E-state index is 0.0251. The topological polar surface area (TPSA) is 128 Å². The lowest BCUT2D eigenvalue weighted by molar-refractivity contribution is -0.384. The van der Waals surface area contributed by atoms with E-state index in [9.17, 15) is 19.7 Å². The number of ether oxygens (including phenoxy) is 1. The molecule has 0 fully saturated rings. The van der Waals surface area contributed by atoms with Crippen LogP contribution in [-0.2, 0) is 11.3 Å². The number of aromatic nitrogens is 1. The number of carbonyl (C=O) groups is 2. The highest BCUT2D eigenvalue weighted by Gasteiger charge is 2.19. The van der Waals surface area contributed by atoms with Crippen LogP contribution < -0.4 is 5.32 Å². The second-order valence-electron chi connectivity index (χ2n) is 6.46. The van der Waals surface area contributed by atoms with Gasteiger partial charge in [0.15, 0.2) is 5.69 Å². The molecule has 0 aliphatic heterocycles. The Hall–Kier alpha value is -3.43. The monoisotopic (exact) mass is 390 g/mol. The van der Waals surface area contributed by atoms with Gasteiger partial charge in [0.05, 0.1) is 18.6 Å². The molecule has 0 spiro atoms. The van der Waals surface area contributed by atoms with Gasteiger partial charge in [-0.2, -0.15) is 0 Å². The normalized spacial score (nSPS) is 10.6. The molecule has 10 heteroatoms. The standard InChI is InChI=1S/C18H22N4O6/c1-12(2)8-9-21(10-16-20-15(11-28-16)17(23)27-3)18(24)19-13-4-6-14(7-5-13)22(25)26/h4-7,11-12H,8-10H2,1-3H3,(H,19,24). The molecule has 1 aromatic carbocycles. The average molecular weight is 390 g/mol. The number of amides is 2. The molecule has 2 amide bonds. The van der Waals surface area contributed by atoms with Crippen LogP contribution >= 0.6 is 0 Å². The molecule has 2 rings (SSSR count). The first-order chi connectivity index (χ1) is 13.3. The molecule has 0 unspecified atom stereocenters. The number of esters is 1. The minimum atomic E-state index is -0.626. The fourth-order valence-electron chi connectivity index (χ4n) is 2.28. The molecule has 0 saturated heterocycles. The van der Waals surface area contributed by atoms with Crippen LogP contribution in [0.3, 0.4) is 0 Å². The van der Waals surface area contributed by atoms with Crippen LogP contribution in [0.1, 0.15) is 36.6 Å². The first-order valence-electron chi connectivity index (χ1n) is 8.63. The van der Waals surface area contributed by atoms with Gasteiger partial charge < -0.3 is 19.4 Å². The number of oxazole rings is 1. The quantitative estimate of drug-likeness (QED) is 0.415. The number of hydrogen-bond acceptors (Lipinski definition) is 7. The van der Waals surface area contributed by atoms with Gasteiger partial charge in [-0.15, -0.1) is 0 Å². The maximum atomic E-state index is 12.7. The van der Waals surface area contributed by atoms with Crippen molar-refractivity contribution in [1.82, 2.24) is 9.88 Å². The van der Waals surface area contributed by atoms with Gasteiger partial charge in [-0.3, -0.25) is 10.1 Å². The van der Waals surface area contributed by atoms with E-state index in [1.54, 1.807) is 0 Å². The van der Waals surface area contributed by atoms with Crippen LogP contribution in [0.4, 0.5) is 16.2 Å². The molecular weight excluding hydrogens is 368 g/mol. The van der Waals surface area contributed by atoms with E-state index in [0.29, 0.717) is 18.2 Å². The van der Waals surface area contributed by atoms with Crippen LogP contribution in [-0.4, -0.2) is 40.5 Å². The first kappa shape index (κ1) is 20.9. The van der Waals surface area contributed by atoms with Crippen molar-refractivity contribution < 1.29 is 23.7 Å². The number of urea groups is 1. The van der Waals surface area contributed by atoms with Crippen LogP contribution in [0.2, 0.25) is 0 Å². The van der Waals surface area contributed by atoms with Crippen molar-refractivity contribution in [2.24, 2.45) is 5.92 Å². The lowest BCUT2D eigenvalue weighted by atomic mass is 10.1. The lowest BCUT2D eigenvalue weighted by Crippen LogP contribution is -2.36. The number of anilines is 1. The molecule has 150 valence electrons. The molecule has 0 atom stereocenters. The summed E-state index contributed by atoms with van der Waals surface area (Å²) in [6.45, 7) is 4.56. The summed E-state index contributed by atoms with van der Waals surface area (Å²) in [7, 11) is 1.24. The van der Waals surface area contributed by atoms with E-state index in [2.05, 4.69) is 15.0 Å². The van der Waals surface area contributed by atoms with Crippen LogP contribution in [0.5, 0.6) is 0 Å². The molecule has 1 N–H and O–H groups in total. The summed E-state index contributed by atoms with van der Waals surface area (Å²) in [5, 5.41) is 13.4. The van der Waals surface area contributed by atoms with Crippen LogP contribution in [0.15, 0.2) is 34.9 Å². The molecule has 0 aliphatic carbocycles. The fraction of sp³-hybridized carbons (Fsp3) is 0.389. The van der Waals surface area contributed by atoms with E-state index in [1.807, 2.05) is 13.8 Å². The largest absolute Gasteiger partial charge is 0.464 e. The average Bonchev–Trinajstić information content (AvgIpc) is 3.13. The predicted molar refractivity (Wildman–Crippen MR) is 99.8 cm³/mol. The summed E-state index contributed by atoms with van der Waals surface area (Å²) in [5.74, 6) is -0.0630. The zero-order valence-electron chi connectivity index (χ0n) is 15.9. The molecule has 0 bridgehead atoms. The van der Waals surface area contributed by atoms with E-state index in [4.69, 9.17) is 4.42 Å². The third-order valence-corrected chi connectivity index (χ3v) is 3.87. The molecular formula is C18H22N4O6. The maximum absolute atomic E-state index is 12.7. The molecule has 0 radical (unpaired) electrons. The van der Waals surface area contributed by atoms with Crippen molar-refractivity contribution in [3.8, 4) is 0 Å². The summed E-state index contributed by atoms with van der Waals surface area (Å²) in [6.07, 6.45) is 1.92. The number of nitro benzene ring substituents is 1. The highest BCUT2D eigenvalue weighted by Crippen LogP contribution is 2.17. The number of benzene rings is 1. The molecule has 1 heterocycles. The smallest absolute Gasteiger partial charge is 0.360 e. The Morgan fingerprint density at radius 3 is 2.57 bits per heavy atom. The summed E-state index contributed by atoms with van der Waals surface area (Å²) in [5.41, 5.74) is 0.384. The lowest BCUT2D eigenvalue weighted by Gasteiger charge is -2.22. The van der Waals surface area contributed by atoms with Gasteiger partial charge in [-0.1, -0.05) is 13.8 Å². The Labute approximate surface area is 161 Å². The van der Waals surface area contributed by atoms with Gasteiger partial charge in [0.2, 0.25) is 5.89 Å². The number of rotatable bonds is 8. The highest BCUT2D eigenvalue weighted by atomic mass is 16.6. The SMILES string of the molecule is COC(=O)c1coc(CN(CCC(C)C)C(=O)Nc2ccc([N+](=O)[O-])cc2)n1. The molecule has 10 nitrogen and oxygen atoms in total. The van der Waals surface area contributed by atoms with Gasteiger partial charge in [-0.25, -0.2) is 14.6 Å². The first-order valence-corrected chi connectivity index (χ1v) is 8.63. The number of carbonyl (C=O) groups excluding carboxylic acids is 2. The van der Waals surface area contributed by atoms with Crippen molar-refractivity contribution in [3.63, 3.8) is 0 Å². The van der Waals surface area contributed by atoms with E-state index in [-0.39, 0.29) is 23.8 Å². The van der Waals surface area contributed by atoms with Gasteiger partial charge in [-0.05, 0) is 24.5 Å². The van der Waals surface area contributed by atoms with Crippen molar-refractivity contribution in [2.75, 3.05) is 19.0 Å². The van der Waals surface area contributed by atoms with Gasteiger partial charge in [0.25, 0.3) is 5.69 Å². The fourth-order valence-corrected chi connectivity index (χ4v) is 2.28. The van der Waals surface area contributed by atoms with Crippen molar-refractivity contribution in [3.05, 3.63) is 52.2 Å². The van der Waals surface area contributed by atoms with E-state index < -0.39 is 16.9 Å². The summed E-state index contributed by atoms with van der Waals surface area (Å²) < 4.78 is 9.84. The number of nitrogens with one attached hydrogen (secondary N) is 1. The van der Waals surface area contributed by atoms with Gasteiger partial charge >= 0.3 is 12.0 Å². The zero-order chi connectivity index (χ0) is 20.7. The molecule has 2 aromatic rings. The van der Waals surface area contributed by atoms with Crippen molar-refractivity contribution in [2.45, 2.75) is 26.8 Å².